The van der Waals surface area contributed by atoms with Crippen LogP contribution in [0, 0.1) is 0 Å². The van der Waals surface area contributed by atoms with Gasteiger partial charge in [-0.3, -0.25) is 0 Å². The molecule has 9 heteroatoms. The Morgan fingerprint density at radius 2 is 1.38 bits per heavy atom. The Labute approximate surface area is 157 Å². The molecule has 0 bridgehead atoms. The van der Waals surface area contributed by atoms with Crippen LogP contribution in [0.5, 0.6) is 0 Å². The number of benzene rings is 2. The van der Waals surface area contributed by atoms with Gasteiger partial charge >= 0.3 is 0 Å². The molecule has 0 aliphatic carbocycles. The second kappa shape index (κ2) is 10.6. The summed E-state index contributed by atoms with van der Waals surface area (Å²) in [7, 11) is -5.25. The minimum Gasteiger partial charge on any atom is -0.466 e. The maximum absolute atomic E-state index is 6.85. The van der Waals surface area contributed by atoms with E-state index in [4.69, 9.17) is 12.3 Å². The van der Waals surface area contributed by atoms with Crippen molar-refractivity contribution < 1.29 is 12.3 Å². The summed E-state index contributed by atoms with van der Waals surface area (Å²) in [4.78, 5) is 0. The Morgan fingerprint density at radius 1 is 0.833 bits per heavy atom. The normalized spacial score (nSPS) is 13.8. The van der Waals surface area contributed by atoms with Crippen LogP contribution in [0.1, 0.15) is 0 Å². The highest BCUT2D eigenvalue weighted by atomic mass is 29.2. The fraction of sp³-hybridized carbons (Fsp3) is 0.200. The summed E-state index contributed by atoms with van der Waals surface area (Å²) in [6.07, 6.45) is 0. The smallest absolute Gasteiger partial charge is 0.252 e. The summed E-state index contributed by atoms with van der Waals surface area (Å²) >= 11 is 0. The summed E-state index contributed by atoms with van der Waals surface area (Å²) in [6.45, 7) is 6.74. The van der Waals surface area contributed by atoms with Crippen molar-refractivity contribution >= 4 is 64.9 Å². The van der Waals surface area contributed by atoms with Crippen molar-refractivity contribution in [2.45, 2.75) is 19.6 Å². The molecule has 24 heavy (non-hydrogen) atoms. The molecule has 130 valence electrons. The largest absolute Gasteiger partial charge is 0.466 e. The van der Waals surface area contributed by atoms with Crippen LogP contribution in [-0.2, 0) is 12.3 Å². The van der Waals surface area contributed by atoms with Crippen LogP contribution in [0.2, 0.25) is 19.6 Å². The van der Waals surface area contributed by atoms with Gasteiger partial charge in [-0.1, -0.05) is 67.2 Å². The molecule has 0 radical (unpaired) electrons. The molecule has 0 heterocycles. The predicted octanol–water partition coefficient (Wildman–Crippen LogP) is -1.43. The van der Waals surface area contributed by atoms with E-state index >= 15 is 0 Å². The molecule has 0 aliphatic heterocycles. The minimum atomic E-state index is -2.18. The molecule has 2 aromatic carbocycles. The van der Waals surface area contributed by atoms with Gasteiger partial charge in [-0.25, -0.2) is 0 Å². The molecule has 0 aliphatic rings. The fourth-order valence-corrected chi connectivity index (χ4v) is 31.8. The van der Waals surface area contributed by atoms with E-state index in [1.807, 2.05) is 0 Å². The molecule has 0 saturated heterocycles. The Kier molecular flexibility index (Phi) is 8.79. The van der Waals surface area contributed by atoms with Crippen LogP contribution in [0.3, 0.4) is 0 Å². The topological polar surface area (TPSA) is 27.7 Å². The molecule has 0 amide bonds. The predicted molar refractivity (Wildman–Crippen MR) is 120 cm³/mol. The second-order valence-corrected chi connectivity index (χ2v) is 23.0. The molecule has 2 aromatic rings. The molecule has 0 aromatic heterocycles. The monoisotopic (exact) mass is 424 g/mol. The quantitative estimate of drug-likeness (QED) is 0.346. The van der Waals surface area contributed by atoms with Crippen LogP contribution in [0.25, 0.3) is 0 Å². The first-order valence-corrected chi connectivity index (χ1v) is 23.4. The molecule has 0 fully saturated rings. The van der Waals surface area contributed by atoms with E-state index in [-0.39, 0.29) is 9.76 Å². The van der Waals surface area contributed by atoms with E-state index in [0.717, 1.165) is 0 Å². The molecule has 0 atom stereocenters. The summed E-state index contributed by atoms with van der Waals surface area (Å²) < 4.78 is 19.1. The molecule has 0 saturated carbocycles. The molecule has 0 N–H and O–H groups in total. The third kappa shape index (κ3) is 5.57. The van der Waals surface area contributed by atoms with Gasteiger partial charge in [0.2, 0.25) is 0 Å². The number of rotatable bonds is 10. The Morgan fingerprint density at radius 3 is 1.83 bits per heavy atom. The molecular formula is C15H28O3Si6. The highest BCUT2D eigenvalue weighted by molar-refractivity contribution is 7.35. The van der Waals surface area contributed by atoms with Gasteiger partial charge in [0.1, 0.15) is 9.76 Å². The van der Waals surface area contributed by atoms with Crippen molar-refractivity contribution in [2.75, 3.05) is 0 Å². The highest BCUT2D eigenvalue weighted by Gasteiger charge is 2.40. The van der Waals surface area contributed by atoms with E-state index in [1.54, 1.807) is 0 Å². The fourth-order valence-electron chi connectivity index (χ4n) is 2.66. The van der Waals surface area contributed by atoms with Gasteiger partial charge in [0.15, 0.2) is 36.9 Å². The summed E-state index contributed by atoms with van der Waals surface area (Å²) in [5.74, 6) is 0. The Balaban J connectivity index is 2.38. The lowest BCUT2D eigenvalue weighted by Gasteiger charge is -2.33. The van der Waals surface area contributed by atoms with Gasteiger partial charge in [0, 0.05) is 0 Å². The highest BCUT2D eigenvalue weighted by Crippen LogP contribution is 2.07. The third-order valence-corrected chi connectivity index (χ3v) is 27.8. The van der Waals surface area contributed by atoms with Gasteiger partial charge in [-0.15, -0.1) is 0 Å². The van der Waals surface area contributed by atoms with Gasteiger partial charge in [-0.2, -0.15) is 0 Å². The maximum Gasteiger partial charge on any atom is 0.252 e. The van der Waals surface area contributed by atoms with E-state index in [0.29, 0.717) is 0 Å². The average Bonchev–Trinajstić information content (AvgIpc) is 2.63. The standard InChI is InChI=1S/C15H28O3Si6/c1-19-16-20-21-18-24(22-17-23(2)3,14-10-6-4-7-11-14)15-12-8-5-9-13-15/h4-13,23H,19-22H2,1-3H3. The van der Waals surface area contributed by atoms with Crippen LogP contribution >= 0.6 is 0 Å². The summed E-state index contributed by atoms with van der Waals surface area (Å²) in [5.41, 5.74) is 0. The van der Waals surface area contributed by atoms with Crippen LogP contribution in [0.4, 0.5) is 0 Å². The number of hydrogen-bond donors (Lipinski definition) is 0. The van der Waals surface area contributed by atoms with Gasteiger partial charge in [-0.05, 0) is 23.5 Å². The van der Waals surface area contributed by atoms with Crippen molar-refractivity contribution in [3.63, 3.8) is 0 Å². The summed E-state index contributed by atoms with van der Waals surface area (Å²) in [5, 5.41) is 2.76. The first kappa shape index (κ1) is 19.9. The minimum absolute atomic E-state index is 0.281. The van der Waals surface area contributed by atoms with E-state index < -0.39 is 44.7 Å². The number of hydrogen-bond acceptors (Lipinski definition) is 3. The Hall–Kier alpha value is -0.379. The molecular weight excluding hydrogens is 397 g/mol. The van der Waals surface area contributed by atoms with Crippen molar-refractivity contribution in [3.05, 3.63) is 60.7 Å². The van der Waals surface area contributed by atoms with Crippen LogP contribution in [0.15, 0.2) is 60.7 Å². The van der Waals surface area contributed by atoms with Crippen LogP contribution < -0.4 is 10.4 Å². The Bertz CT molecular complexity index is 545. The van der Waals surface area contributed by atoms with Crippen LogP contribution in [-0.4, -0.2) is 54.5 Å². The average molecular weight is 425 g/mol. The first-order valence-electron chi connectivity index (χ1n) is 8.63. The van der Waals surface area contributed by atoms with Gasteiger partial charge in [0.05, 0.1) is 0 Å². The maximum atomic E-state index is 6.85. The lowest BCUT2D eigenvalue weighted by Crippen LogP contribution is -2.67. The zero-order chi connectivity index (χ0) is 17.3. The summed E-state index contributed by atoms with van der Waals surface area (Å²) in [6, 6.07) is 21.7. The first-order chi connectivity index (χ1) is 11.7. The second-order valence-electron chi connectivity index (χ2n) is 5.96. The van der Waals surface area contributed by atoms with Crippen molar-refractivity contribution in [3.8, 4) is 0 Å². The third-order valence-electron chi connectivity index (χ3n) is 3.88. The molecule has 2 rings (SSSR count). The van der Waals surface area contributed by atoms with Gasteiger partial charge in [0.25, 0.3) is 7.83 Å². The SMILES string of the molecule is C[SiH2]O[SiH2][SiH2]O[Si]([SiH2]O[SiH](C)C)(c1ccccc1)c1ccccc1. The van der Waals surface area contributed by atoms with Crippen molar-refractivity contribution in [1.29, 1.82) is 0 Å². The molecule has 0 unspecified atom stereocenters. The van der Waals surface area contributed by atoms with E-state index in [2.05, 4.69) is 80.3 Å². The van der Waals surface area contributed by atoms with Gasteiger partial charge < -0.3 is 12.3 Å². The molecule has 3 nitrogen and oxygen atoms in total. The van der Waals surface area contributed by atoms with E-state index in [9.17, 15) is 0 Å². The zero-order valence-corrected chi connectivity index (χ0v) is 22.7. The molecule has 0 spiro atoms. The van der Waals surface area contributed by atoms with E-state index in [1.165, 1.54) is 10.4 Å². The lowest BCUT2D eigenvalue weighted by molar-refractivity contribution is 0.592. The zero-order valence-electron chi connectivity index (χ0n) is 14.9. The lowest BCUT2D eigenvalue weighted by atomic mass is 10.4. The van der Waals surface area contributed by atoms with Crippen molar-refractivity contribution in [2.24, 2.45) is 0 Å². The van der Waals surface area contributed by atoms with Crippen molar-refractivity contribution in [1.82, 2.24) is 0 Å².